The van der Waals surface area contributed by atoms with Crippen LogP contribution in [0.1, 0.15) is 31.9 Å². The number of rotatable bonds is 9. The number of carbonyl (C=O) groups is 1. The molecule has 150 valence electrons. The van der Waals surface area contributed by atoms with Crippen molar-refractivity contribution in [2.45, 2.75) is 39.8 Å². The van der Waals surface area contributed by atoms with Crippen LogP contribution in [0.15, 0.2) is 36.4 Å². The molecule has 0 spiro atoms. The van der Waals surface area contributed by atoms with Crippen LogP contribution in [-0.2, 0) is 17.8 Å². The van der Waals surface area contributed by atoms with Crippen molar-refractivity contribution in [3.05, 3.63) is 47.5 Å². The van der Waals surface area contributed by atoms with Crippen LogP contribution in [-0.4, -0.2) is 31.8 Å². The van der Waals surface area contributed by atoms with Crippen LogP contribution in [0.4, 0.5) is 0 Å². The third kappa shape index (κ3) is 5.09. The number of amides is 1. The molecule has 1 aliphatic heterocycles. The van der Waals surface area contributed by atoms with Crippen molar-refractivity contribution in [1.29, 1.82) is 0 Å². The molecule has 1 amide bonds. The van der Waals surface area contributed by atoms with Crippen molar-refractivity contribution >= 4 is 5.91 Å². The van der Waals surface area contributed by atoms with Gasteiger partial charge in [-0.25, -0.2) is 0 Å². The molecular weight excluding hydrogens is 358 g/mol. The average Bonchev–Trinajstić information content (AvgIpc) is 3.05. The van der Waals surface area contributed by atoms with Crippen molar-refractivity contribution in [3.63, 3.8) is 0 Å². The summed E-state index contributed by atoms with van der Waals surface area (Å²) in [5.41, 5.74) is 2.04. The molecule has 2 aromatic rings. The molecule has 6 heteroatoms. The maximum absolute atomic E-state index is 12.2. The van der Waals surface area contributed by atoms with Gasteiger partial charge in [0.25, 0.3) is 5.91 Å². The first-order valence-corrected chi connectivity index (χ1v) is 9.66. The summed E-state index contributed by atoms with van der Waals surface area (Å²) in [5, 5.41) is 2.88. The lowest BCUT2D eigenvalue weighted by Gasteiger charge is -2.13. The third-order valence-corrected chi connectivity index (χ3v) is 4.36. The Morgan fingerprint density at radius 2 is 1.75 bits per heavy atom. The molecule has 0 unspecified atom stereocenters. The Morgan fingerprint density at radius 3 is 2.43 bits per heavy atom. The Labute approximate surface area is 165 Å². The molecule has 0 radical (unpaired) electrons. The standard InChI is InChI=1S/C22H27NO5/c1-4-25-18-6-8-19(9-7-18)27-14-22(24)23-13-17-12-21-16(10-15(3)28-21)11-20(17)26-5-2/h6-9,11-12,15H,4-5,10,13-14H2,1-3H3,(H,23,24)/t15-/m0/s1. The lowest BCUT2D eigenvalue weighted by atomic mass is 10.1. The topological polar surface area (TPSA) is 66.0 Å². The van der Waals surface area contributed by atoms with Gasteiger partial charge in [-0.3, -0.25) is 4.79 Å². The quantitative estimate of drug-likeness (QED) is 0.716. The maximum atomic E-state index is 12.2. The molecule has 1 aliphatic rings. The normalized spacial score (nSPS) is 14.8. The first kappa shape index (κ1) is 19.9. The number of ether oxygens (including phenoxy) is 4. The van der Waals surface area contributed by atoms with Crippen molar-refractivity contribution < 1.29 is 23.7 Å². The number of benzene rings is 2. The van der Waals surface area contributed by atoms with E-state index in [9.17, 15) is 4.79 Å². The third-order valence-electron chi connectivity index (χ3n) is 4.36. The van der Waals surface area contributed by atoms with Crippen LogP contribution < -0.4 is 24.3 Å². The van der Waals surface area contributed by atoms with Gasteiger partial charge in [0.05, 0.1) is 13.2 Å². The molecule has 28 heavy (non-hydrogen) atoms. The summed E-state index contributed by atoms with van der Waals surface area (Å²) in [5.74, 6) is 2.84. The van der Waals surface area contributed by atoms with Gasteiger partial charge >= 0.3 is 0 Å². The molecule has 6 nitrogen and oxygen atoms in total. The molecule has 3 rings (SSSR count). The van der Waals surface area contributed by atoms with E-state index in [0.29, 0.717) is 25.5 Å². The molecule has 0 saturated heterocycles. The van der Waals surface area contributed by atoms with Gasteiger partial charge in [0.15, 0.2) is 6.61 Å². The van der Waals surface area contributed by atoms with E-state index in [1.165, 1.54) is 0 Å². The fourth-order valence-corrected chi connectivity index (χ4v) is 3.10. The molecule has 0 fully saturated rings. The molecule has 0 saturated carbocycles. The van der Waals surface area contributed by atoms with E-state index in [1.807, 2.05) is 45.0 Å². The fraction of sp³-hybridized carbons (Fsp3) is 0.409. The Morgan fingerprint density at radius 1 is 1.07 bits per heavy atom. The van der Waals surface area contributed by atoms with E-state index < -0.39 is 0 Å². The monoisotopic (exact) mass is 385 g/mol. The maximum Gasteiger partial charge on any atom is 0.258 e. The van der Waals surface area contributed by atoms with Gasteiger partial charge in [-0.1, -0.05) is 0 Å². The SMILES string of the molecule is CCOc1ccc(OCC(=O)NCc2cc3c(cc2OCC)C[C@H](C)O3)cc1. The molecule has 1 N–H and O–H groups in total. The van der Waals surface area contributed by atoms with E-state index in [-0.39, 0.29) is 18.6 Å². The van der Waals surface area contributed by atoms with Gasteiger partial charge in [-0.15, -0.1) is 0 Å². The summed E-state index contributed by atoms with van der Waals surface area (Å²) in [6, 6.07) is 11.2. The van der Waals surface area contributed by atoms with Gasteiger partial charge in [0, 0.05) is 24.1 Å². The van der Waals surface area contributed by atoms with Crippen molar-refractivity contribution in [2.75, 3.05) is 19.8 Å². The van der Waals surface area contributed by atoms with Crippen LogP contribution in [0.5, 0.6) is 23.0 Å². The Bertz CT molecular complexity index is 803. The zero-order valence-corrected chi connectivity index (χ0v) is 16.6. The summed E-state index contributed by atoms with van der Waals surface area (Å²) in [4.78, 5) is 12.2. The molecule has 0 bridgehead atoms. The largest absolute Gasteiger partial charge is 0.494 e. The minimum absolute atomic E-state index is 0.0591. The van der Waals surface area contributed by atoms with Crippen LogP contribution in [0.3, 0.4) is 0 Å². The predicted octanol–water partition coefficient (Wildman–Crippen LogP) is 3.50. The Hall–Kier alpha value is -2.89. The van der Waals surface area contributed by atoms with Crippen molar-refractivity contribution in [2.24, 2.45) is 0 Å². The zero-order valence-electron chi connectivity index (χ0n) is 16.6. The van der Waals surface area contributed by atoms with Gasteiger partial charge in [-0.2, -0.15) is 0 Å². The lowest BCUT2D eigenvalue weighted by molar-refractivity contribution is -0.123. The molecule has 2 aromatic carbocycles. The molecule has 0 aliphatic carbocycles. The number of hydrogen-bond acceptors (Lipinski definition) is 5. The zero-order chi connectivity index (χ0) is 19.9. The summed E-state index contributed by atoms with van der Waals surface area (Å²) < 4.78 is 22.5. The number of carbonyl (C=O) groups excluding carboxylic acids is 1. The van der Waals surface area contributed by atoms with E-state index in [0.717, 1.165) is 34.8 Å². The highest BCUT2D eigenvalue weighted by Crippen LogP contribution is 2.35. The van der Waals surface area contributed by atoms with E-state index in [1.54, 1.807) is 12.1 Å². The highest BCUT2D eigenvalue weighted by Gasteiger charge is 2.22. The molecule has 1 heterocycles. The van der Waals surface area contributed by atoms with Crippen LogP contribution in [0, 0.1) is 0 Å². The summed E-state index contributed by atoms with van der Waals surface area (Å²) in [6.45, 7) is 7.39. The van der Waals surface area contributed by atoms with Crippen LogP contribution in [0.2, 0.25) is 0 Å². The van der Waals surface area contributed by atoms with Crippen LogP contribution in [0.25, 0.3) is 0 Å². The minimum Gasteiger partial charge on any atom is -0.494 e. The minimum atomic E-state index is -0.203. The Balaban J connectivity index is 1.54. The highest BCUT2D eigenvalue weighted by atomic mass is 16.5. The number of hydrogen-bond donors (Lipinski definition) is 1. The average molecular weight is 385 g/mol. The van der Waals surface area contributed by atoms with Crippen molar-refractivity contribution in [1.82, 2.24) is 5.32 Å². The first-order valence-electron chi connectivity index (χ1n) is 9.66. The number of fused-ring (bicyclic) bond motifs is 1. The van der Waals surface area contributed by atoms with E-state index >= 15 is 0 Å². The van der Waals surface area contributed by atoms with Gasteiger partial charge < -0.3 is 24.3 Å². The summed E-state index contributed by atoms with van der Waals surface area (Å²) in [7, 11) is 0. The van der Waals surface area contributed by atoms with Crippen LogP contribution >= 0.6 is 0 Å². The molecule has 0 aromatic heterocycles. The van der Waals surface area contributed by atoms with Crippen molar-refractivity contribution in [3.8, 4) is 23.0 Å². The fourth-order valence-electron chi connectivity index (χ4n) is 3.10. The highest BCUT2D eigenvalue weighted by molar-refractivity contribution is 5.77. The van der Waals surface area contributed by atoms with Gasteiger partial charge in [-0.05, 0) is 57.2 Å². The van der Waals surface area contributed by atoms with Gasteiger partial charge in [0.1, 0.15) is 29.1 Å². The smallest absolute Gasteiger partial charge is 0.258 e. The van der Waals surface area contributed by atoms with E-state index in [4.69, 9.17) is 18.9 Å². The predicted molar refractivity (Wildman–Crippen MR) is 106 cm³/mol. The second-order valence-corrected chi connectivity index (χ2v) is 6.60. The van der Waals surface area contributed by atoms with E-state index in [2.05, 4.69) is 5.32 Å². The second-order valence-electron chi connectivity index (χ2n) is 6.60. The Kier molecular flexibility index (Phi) is 6.63. The molecule has 1 atom stereocenters. The van der Waals surface area contributed by atoms with Gasteiger partial charge in [0.2, 0.25) is 0 Å². The molecular formula is C22H27NO5. The number of nitrogens with one attached hydrogen (secondary N) is 1. The first-order chi connectivity index (χ1) is 13.6. The second kappa shape index (κ2) is 9.35. The lowest BCUT2D eigenvalue weighted by Crippen LogP contribution is -2.28. The summed E-state index contributed by atoms with van der Waals surface area (Å²) in [6.07, 6.45) is 1.04. The summed E-state index contributed by atoms with van der Waals surface area (Å²) >= 11 is 0.